The molecule has 0 unspecified atom stereocenters. The van der Waals surface area contributed by atoms with Gasteiger partial charge >= 0.3 is 0 Å². The Morgan fingerprint density at radius 2 is 1.93 bits per heavy atom. The van der Waals surface area contributed by atoms with Crippen LogP contribution in [0.15, 0.2) is 30.6 Å². The molecule has 0 atom stereocenters. The Labute approximate surface area is 90.6 Å². The minimum atomic E-state index is 0. The van der Waals surface area contributed by atoms with Gasteiger partial charge in [-0.3, -0.25) is 0 Å². The largest absolute Gasteiger partial charge is 1.00 e. The number of nitrogens with zero attached hydrogens (tertiary/aromatic N) is 2. The van der Waals surface area contributed by atoms with E-state index < -0.39 is 0 Å². The normalized spacial score (nSPS) is 10.1. The highest BCUT2D eigenvalue weighted by molar-refractivity contribution is 5.71. The molecule has 0 aliphatic carbocycles. The molecule has 14 heavy (non-hydrogen) atoms. The molecule has 1 aromatic heterocycles. The van der Waals surface area contributed by atoms with Crippen molar-refractivity contribution in [2.24, 2.45) is 0 Å². The second kappa shape index (κ2) is 4.47. The number of fused-ring (bicyclic) bond motifs is 1. The molecule has 0 aliphatic heterocycles. The fourth-order valence-corrected chi connectivity index (χ4v) is 1.75. The quantitative estimate of drug-likeness (QED) is 0.561. The van der Waals surface area contributed by atoms with E-state index in [0.29, 0.717) is 0 Å². The first kappa shape index (κ1) is 11.1. The molecule has 0 N–H and O–H groups in total. The summed E-state index contributed by atoms with van der Waals surface area (Å²) in [6, 6.07) is 8.53. The summed E-state index contributed by atoms with van der Waals surface area (Å²) in [6.45, 7) is 6.42. The lowest BCUT2D eigenvalue weighted by atomic mass is 10.3. The van der Waals surface area contributed by atoms with E-state index >= 15 is 0 Å². The van der Waals surface area contributed by atoms with Crippen LogP contribution < -0.4 is 17.0 Å². The lowest BCUT2D eigenvalue weighted by molar-refractivity contribution is -0.668. The standard InChI is InChI=1S/C11H15N2.ClH/c1-3-12-9-13(4-2)11-8-6-5-7-10(11)12;/h5-9H,3-4H2,1-2H3;1H/q+1;/p-1. The van der Waals surface area contributed by atoms with E-state index in [1.54, 1.807) is 0 Å². The van der Waals surface area contributed by atoms with Gasteiger partial charge in [0.05, 0.1) is 13.1 Å². The van der Waals surface area contributed by atoms with Crippen LogP contribution in [0.3, 0.4) is 0 Å². The van der Waals surface area contributed by atoms with Gasteiger partial charge in [0.25, 0.3) is 0 Å². The molecule has 0 radical (unpaired) electrons. The van der Waals surface area contributed by atoms with E-state index in [1.165, 1.54) is 11.0 Å². The van der Waals surface area contributed by atoms with Crippen molar-refractivity contribution in [1.29, 1.82) is 0 Å². The molecule has 2 nitrogen and oxygen atoms in total. The maximum absolute atomic E-state index is 2.28. The molecule has 0 aliphatic rings. The Bertz CT molecular complexity index is 382. The van der Waals surface area contributed by atoms with Gasteiger partial charge in [-0.25, -0.2) is 9.13 Å². The van der Waals surface area contributed by atoms with Gasteiger partial charge in [-0.1, -0.05) is 12.1 Å². The summed E-state index contributed by atoms with van der Waals surface area (Å²) in [5.74, 6) is 0. The van der Waals surface area contributed by atoms with E-state index in [2.05, 4.69) is 53.6 Å². The van der Waals surface area contributed by atoms with Crippen molar-refractivity contribution in [3.05, 3.63) is 30.6 Å². The summed E-state index contributed by atoms with van der Waals surface area (Å²) in [6.07, 6.45) is 2.19. The Morgan fingerprint density at radius 1 is 1.21 bits per heavy atom. The summed E-state index contributed by atoms with van der Waals surface area (Å²) < 4.78 is 4.55. The number of rotatable bonds is 2. The van der Waals surface area contributed by atoms with Crippen LogP contribution in [0.2, 0.25) is 0 Å². The van der Waals surface area contributed by atoms with Crippen LogP contribution in [-0.4, -0.2) is 4.57 Å². The highest BCUT2D eigenvalue weighted by Crippen LogP contribution is 2.09. The van der Waals surface area contributed by atoms with Crippen molar-refractivity contribution in [3.63, 3.8) is 0 Å². The highest BCUT2D eigenvalue weighted by Gasteiger charge is 2.11. The Morgan fingerprint density at radius 3 is 2.57 bits per heavy atom. The fourth-order valence-electron chi connectivity index (χ4n) is 1.75. The predicted molar refractivity (Wildman–Crippen MR) is 53.5 cm³/mol. The first-order valence-electron chi connectivity index (χ1n) is 4.84. The van der Waals surface area contributed by atoms with Crippen LogP contribution in [0.25, 0.3) is 11.0 Å². The number of halogens is 1. The third kappa shape index (κ3) is 1.62. The first-order chi connectivity index (χ1) is 6.36. The lowest BCUT2D eigenvalue weighted by Gasteiger charge is -1.88. The molecule has 0 fully saturated rings. The minimum absolute atomic E-state index is 0. The fraction of sp³-hybridized carbons (Fsp3) is 0.364. The Hall–Kier alpha value is -1.02. The highest BCUT2D eigenvalue weighted by atomic mass is 35.5. The second-order valence-electron chi connectivity index (χ2n) is 3.18. The zero-order valence-electron chi connectivity index (χ0n) is 8.57. The van der Waals surface area contributed by atoms with Gasteiger partial charge in [0.15, 0.2) is 11.0 Å². The molecular weight excluding hydrogens is 196 g/mol. The monoisotopic (exact) mass is 210 g/mol. The van der Waals surface area contributed by atoms with Gasteiger partial charge in [0.1, 0.15) is 0 Å². The number of imidazole rings is 1. The lowest BCUT2D eigenvalue weighted by Crippen LogP contribution is -3.00. The van der Waals surface area contributed by atoms with Gasteiger partial charge in [-0.15, -0.1) is 0 Å². The molecule has 2 rings (SSSR count). The van der Waals surface area contributed by atoms with Crippen LogP contribution in [-0.2, 0) is 13.1 Å². The molecule has 0 saturated heterocycles. The average Bonchev–Trinajstić information content (AvgIpc) is 2.56. The molecule has 1 aromatic carbocycles. The molecule has 2 aromatic rings. The Kier molecular flexibility index (Phi) is 3.53. The van der Waals surface area contributed by atoms with Crippen LogP contribution >= 0.6 is 0 Å². The van der Waals surface area contributed by atoms with Gasteiger partial charge in [-0.05, 0) is 26.0 Å². The summed E-state index contributed by atoms with van der Waals surface area (Å²) in [5.41, 5.74) is 2.65. The summed E-state index contributed by atoms with van der Waals surface area (Å²) in [5, 5.41) is 0. The van der Waals surface area contributed by atoms with Crippen molar-refractivity contribution >= 4 is 11.0 Å². The Balaban J connectivity index is 0.000000980. The van der Waals surface area contributed by atoms with Gasteiger partial charge < -0.3 is 12.4 Å². The zero-order chi connectivity index (χ0) is 9.26. The van der Waals surface area contributed by atoms with Gasteiger partial charge in [0, 0.05) is 0 Å². The maximum Gasteiger partial charge on any atom is 0.244 e. The number of benzene rings is 1. The van der Waals surface area contributed by atoms with Crippen LogP contribution in [0.4, 0.5) is 0 Å². The van der Waals surface area contributed by atoms with Crippen molar-refractivity contribution < 1.29 is 17.0 Å². The predicted octanol–water partition coefficient (Wildman–Crippen LogP) is -1.03. The molecule has 3 heteroatoms. The minimum Gasteiger partial charge on any atom is -1.00 e. The van der Waals surface area contributed by atoms with E-state index in [4.69, 9.17) is 0 Å². The molecular formula is C11H15ClN2. The van der Waals surface area contributed by atoms with E-state index in [-0.39, 0.29) is 12.4 Å². The third-order valence-electron chi connectivity index (χ3n) is 2.46. The first-order valence-corrected chi connectivity index (χ1v) is 4.84. The van der Waals surface area contributed by atoms with Crippen molar-refractivity contribution in [1.82, 2.24) is 4.57 Å². The maximum atomic E-state index is 2.28. The number of hydrogen-bond donors (Lipinski definition) is 0. The van der Waals surface area contributed by atoms with Crippen molar-refractivity contribution in [3.8, 4) is 0 Å². The molecule has 0 amide bonds. The molecule has 0 spiro atoms. The smallest absolute Gasteiger partial charge is 0.244 e. The molecule has 0 saturated carbocycles. The molecule has 0 bridgehead atoms. The number of aryl methyl sites for hydroxylation is 2. The van der Waals surface area contributed by atoms with Crippen molar-refractivity contribution in [2.45, 2.75) is 26.9 Å². The van der Waals surface area contributed by atoms with E-state index in [0.717, 1.165) is 13.1 Å². The van der Waals surface area contributed by atoms with Crippen LogP contribution in [0.1, 0.15) is 13.8 Å². The molecule has 76 valence electrons. The van der Waals surface area contributed by atoms with E-state index in [1.807, 2.05) is 0 Å². The molecule has 1 heterocycles. The summed E-state index contributed by atoms with van der Waals surface area (Å²) in [4.78, 5) is 0. The number of hydrogen-bond acceptors (Lipinski definition) is 0. The van der Waals surface area contributed by atoms with Crippen LogP contribution in [0, 0.1) is 0 Å². The summed E-state index contributed by atoms with van der Waals surface area (Å²) >= 11 is 0. The summed E-state index contributed by atoms with van der Waals surface area (Å²) in [7, 11) is 0. The van der Waals surface area contributed by atoms with Crippen molar-refractivity contribution in [2.75, 3.05) is 0 Å². The van der Waals surface area contributed by atoms with Crippen LogP contribution in [0.5, 0.6) is 0 Å². The zero-order valence-corrected chi connectivity index (χ0v) is 9.33. The second-order valence-corrected chi connectivity index (χ2v) is 3.18. The van der Waals surface area contributed by atoms with Gasteiger partial charge in [0.2, 0.25) is 6.33 Å². The third-order valence-corrected chi connectivity index (χ3v) is 2.46. The van der Waals surface area contributed by atoms with Gasteiger partial charge in [-0.2, -0.15) is 0 Å². The van der Waals surface area contributed by atoms with E-state index in [9.17, 15) is 0 Å². The topological polar surface area (TPSA) is 8.81 Å². The SMILES string of the molecule is CCn1c[n+](CC)c2ccccc21.[Cl-]. The number of aromatic nitrogens is 2. The number of para-hydroxylation sites is 2. The average molecular weight is 211 g/mol.